The first kappa shape index (κ1) is 13.9. The van der Waals surface area contributed by atoms with E-state index in [1.54, 1.807) is 6.07 Å². The Kier molecular flexibility index (Phi) is 3.82. The third-order valence-corrected chi connectivity index (χ3v) is 2.72. The number of halogens is 4. The van der Waals surface area contributed by atoms with E-state index in [-0.39, 0.29) is 6.61 Å². The summed E-state index contributed by atoms with van der Waals surface area (Å²) in [5.41, 5.74) is 0.351. The molecular weight excluding hydrogens is 281 g/mol. The van der Waals surface area contributed by atoms with Gasteiger partial charge in [0.1, 0.15) is 5.15 Å². The van der Waals surface area contributed by atoms with Gasteiger partial charge in [-0.3, -0.25) is 0 Å². The Morgan fingerprint density at radius 2 is 1.89 bits per heavy atom. The molecule has 3 nitrogen and oxygen atoms in total. The molecule has 0 saturated carbocycles. The van der Waals surface area contributed by atoms with Crippen LogP contribution in [-0.4, -0.2) is 16.9 Å². The van der Waals surface area contributed by atoms with E-state index in [1.165, 1.54) is 23.9 Å². The number of rotatable bonds is 3. The Labute approximate surface area is 112 Å². The van der Waals surface area contributed by atoms with Gasteiger partial charge in [0.25, 0.3) is 0 Å². The first-order valence-corrected chi connectivity index (χ1v) is 5.70. The molecule has 2 aromatic rings. The van der Waals surface area contributed by atoms with Gasteiger partial charge in [0.2, 0.25) is 0 Å². The minimum absolute atomic E-state index is 0.285. The summed E-state index contributed by atoms with van der Waals surface area (Å²) in [6.45, 7) is 0.285. The highest BCUT2D eigenvalue weighted by Gasteiger charge is 2.30. The molecule has 7 heteroatoms. The maximum Gasteiger partial charge on any atom is 0.416 e. The lowest BCUT2D eigenvalue weighted by atomic mass is 10.2. The van der Waals surface area contributed by atoms with Crippen LogP contribution in [0.1, 0.15) is 11.3 Å². The van der Waals surface area contributed by atoms with Crippen molar-refractivity contribution >= 4 is 11.6 Å². The summed E-state index contributed by atoms with van der Waals surface area (Å²) in [4.78, 5) is 0. The topological polar surface area (TPSA) is 27.1 Å². The fraction of sp³-hybridized carbons (Fsp3) is 0.250. The van der Waals surface area contributed by atoms with E-state index in [1.807, 2.05) is 0 Å². The van der Waals surface area contributed by atoms with Crippen LogP contribution in [0.4, 0.5) is 13.2 Å². The van der Waals surface area contributed by atoms with Gasteiger partial charge < -0.3 is 4.74 Å². The van der Waals surface area contributed by atoms with Crippen LogP contribution >= 0.6 is 11.6 Å². The second-order valence-corrected chi connectivity index (χ2v) is 4.24. The van der Waals surface area contributed by atoms with E-state index in [2.05, 4.69) is 5.10 Å². The Morgan fingerprint density at radius 1 is 1.26 bits per heavy atom. The fourth-order valence-electron chi connectivity index (χ4n) is 1.59. The van der Waals surface area contributed by atoms with Crippen LogP contribution in [0.5, 0.6) is 0 Å². The molecule has 0 unspecified atom stereocenters. The molecule has 0 atom stereocenters. The van der Waals surface area contributed by atoms with Gasteiger partial charge in [-0.05, 0) is 24.3 Å². The number of hydrogen-bond acceptors (Lipinski definition) is 2. The molecule has 0 aliphatic heterocycles. The molecule has 0 amide bonds. The Balaban J connectivity index is 2.32. The molecule has 1 heterocycles. The van der Waals surface area contributed by atoms with E-state index in [4.69, 9.17) is 16.3 Å². The van der Waals surface area contributed by atoms with Gasteiger partial charge in [0.15, 0.2) is 0 Å². The van der Waals surface area contributed by atoms with E-state index < -0.39 is 11.7 Å². The summed E-state index contributed by atoms with van der Waals surface area (Å²) in [6, 6.07) is 6.21. The van der Waals surface area contributed by atoms with Crippen LogP contribution in [0.15, 0.2) is 30.3 Å². The van der Waals surface area contributed by atoms with Crippen molar-refractivity contribution in [3.8, 4) is 5.69 Å². The highest BCUT2D eigenvalue weighted by molar-refractivity contribution is 6.29. The smallest absolute Gasteiger partial charge is 0.378 e. The van der Waals surface area contributed by atoms with Crippen molar-refractivity contribution in [2.75, 3.05) is 7.11 Å². The summed E-state index contributed by atoms with van der Waals surface area (Å²) < 4.78 is 43.6. The molecule has 0 bridgehead atoms. The molecular formula is C12H10ClF3N2O. The van der Waals surface area contributed by atoms with Crippen LogP contribution < -0.4 is 0 Å². The van der Waals surface area contributed by atoms with Crippen molar-refractivity contribution in [1.29, 1.82) is 0 Å². The zero-order valence-corrected chi connectivity index (χ0v) is 10.7. The van der Waals surface area contributed by atoms with Crippen LogP contribution in [-0.2, 0) is 17.5 Å². The summed E-state index contributed by atoms with van der Waals surface area (Å²) in [5.74, 6) is 0. The second-order valence-electron chi connectivity index (χ2n) is 3.85. The monoisotopic (exact) mass is 290 g/mol. The van der Waals surface area contributed by atoms with Crippen molar-refractivity contribution in [1.82, 2.24) is 9.78 Å². The number of ether oxygens (including phenoxy) is 1. The van der Waals surface area contributed by atoms with Gasteiger partial charge in [0.05, 0.1) is 23.6 Å². The number of methoxy groups -OCH3 is 1. The summed E-state index contributed by atoms with van der Waals surface area (Å²) >= 11 is 5.97. The summed E-state index contributed by atoms with van der Waals surface area (Å²) in [5, 5.41) is 4.45. The molecule has 0 spiro atoms. The van der Waals surface area contributed by atoms with Crippen molar-refractivity contribution < 1.29 is 17.9 Å². The molecule has 2 rings (SSSR count). The minimum Gasteiger partial charge on any atom is -0.378 e. The molecule has 1 aromatic carbocycles. The standard InChI is InChI=1S/C12H10ClF3N2O/c1-19-7-9-6-11(13)18(17-9)10-4-2-8(3-5-10)12(14,15)16/h2-6H,7H2,1H3. The number of benzene rings is 1. The van der Waals surface area contributed by atoms with E-state index in [9.17, 15) is 13.2 Å². The van der Waals surface area contributed by atoms with Gasteiger partial charge in [-0.2, -0.15) is 18.3 Å². The predicted octanol–water partition coefficient (Wildman–Crippen LogP) is 3.69. The van der Waals surface area contributed by atoms with Crippen LogP contribution in [0, 0.1) is 0 Å². The third-order valence-electron chi connectivity index (χ3n) is 2.45. The van der Waals surface area contributed by atoms with Crippen LogP contribution in [0.25, 0.3) is 5.69 Å². The first-order chi connectivity index (χ1) is 8.91. The molecule has 19 heavy (non-hydrogen) atoms. The highest BCUT2D eigenvalue weighted by Crippen LogP contribution is 2.30. The maximum atomic E-state index is 12.4. The zero-order valence-electron chi connectivity index (χ0n) is 9.91. The molecule has 102 valence electrons. The maximum absolute atomic E-state index is 12.4. The Morgan fingerprint density at radius 3 is 2.42 bits per heavy atom. The number of nitrogens with zero attached hydrogens (tertiary/aromatic N) is 2. The van der Waals surface area contributed by atoms with Crippen LogP contribution in [0.2, 0.25) is 5.15 Å². The lowest BCUT2D eigenvalue weighted by molar-refractivity contribution is -0.137. The van der Waals surface area contributed by atoms with E-state index in [0.29, 0.717) is 16.5 Å². The predicted molar refractivity (Wildman–Crippen MR) is 64.3 cm³/mol. The average Bonchev–Trinajstić information content (AvgIpc) is 2.70. The lowest BCUT2D eigenvalue weighted by Gasteiger charge is -2.08. The normalized spacial score (nSPS) is 11.8. The molecule has 0 aliphatic carbocycles. The van der Waals surface area contributed by atoms with E-state index in [0.717, 1.165) is 12.1 Å². The van der Waals surface area contributed by atoms with Crippen molar-refractivity contribution in [2.45, 2.75) is 12.8 Å². The summed E-state index contributed by atoms with van der Waals surface area (Å²) in [6.07, 6.45) is -4.35. The first-order valence-electron chi connectivity index (χ1n) is 5.33. The second kappa shape index (κ2) is 5.22. The van der Waals surface area contributed by atoms with Gasteiger partial charge in [-0.1, -0.05) is 11.6 Å². The SMILES string of the molecule is COCc1cc(Cl)n(-c2ccc(C(F)(F)F)cc2)n1. The average molecular weight is 291 g/mol. The van der Waals surface area contributed by atoms with E-state index >= 15 is 0 Å². The van der Waals surface area contributed by atoms with Gasteiger partial charge in [-0.15, -0.1) is 0 Å². The molecule has 0 aliphatic rings. The van der Waals surface area contributed by atoms with Crippen molar-refractivity contribution in [3.63, 3.8) is 0 Å². The lowest BCUT2D eigenvalue weighted by Crippen LogP contribution is -2.05. The van der Waals surface area contributed by atoms with Crippen molar-refractivity contribution in [2.24, 2.45) is 0 Å². The number of aromatic nitrogens is 2. The minimum atomic E-state index is -4.35. The summed E-state index contributed by atoms with van der Waals surface area (Å²) in [7, 11) is 1.52. The molecule has 0 N–H and O–H groups in total. The number of alkyl halides is 3. The zero-order chi connectivity index (χ0) is 14.0. The van der Waals surface area contributed by atoms with Crippen molar-refractivity contribution in [3.05, 3.63) is 46.7 Å². The third kappa shape index (κ3) is 3.08. The Hall–Kier alpha value is -1.53. The molecule has 0 fully saturated rings. The van der Waals surface area contributed by atoms with Gasteiger partial charge >= 0.3 is 6.18 Å². The highest BCUT2D eigenvalue weighted by atomic mass is 35.5. The van der Waals surface area contributed by atoms with Gasteiger partial charge in [-0.25, -0.2) is 4.68 Å². The quantitative estimate of drug-likeness (QED) is 0.862. The molecule has 1 aromatic heterocycles. The molecule has 0 saturated heterocycles. The Bertz CT molecular complexity index is 563. The number of hydrogen-bond donors (Lipinski definition) is 0. The fourth-order valence-corrected chi connectivity index (χ4v) is 1.86. The largest absolute Gasteiger partial charge is 0.416 e. The molecule has 0 radical (unpaired) electrons. The van der Waals surface area contributed by atoms with Gasteiger partial charge in [0, 0.05) is 13.2 Å². The van der Waals surface area contributed by atoms with Crippen LogP contribution in [0.3, 0.4) is 0 Å².